The summed E-state index contributed by atoms with van der Waals surface area (Å²) in [7, 11) is 0. The summed E-state index contributed by atoms with van der Waals surface area (Å²) in [6.45, 7) is 2.67. The van der Waals surface area contributed by atoms with Crippen LogP contribution in [0.2, 0.25) is 0 Å². The molecule has 0 radical (unpaired) electrons. The number of aryl methyl sites for hydroxylation is 2. The minimum absolute atomic E-state index is 0.271. The van der Waals surface area contributed by atoms with Crippen molar-refractivity contribution in [3.8, 4) is 0 Å². The SMILES string of the molecule is Cc1cnc2c(c1)nc(N)n2CCCCC(N)=O. The zero-order valence-electron chi connectivity index (χ0n) is 10.4. The Labute approximate surface area is 105 Å². The fourth-order valence-corrected chi connectivity index (χ4v) is 1.92. The van der Waals surface area contributed by atoms with Crippen molar-refractivity contribution in [1.82, 2.24) is 14.5 Å². The number of carbonyl (C=O) groups excluding carboxylic acids is 1. The molecule has 1 amide bonds. The molecule has 0 aliphatic heterocycles. The van der Waals surface area contributed by atoms with Gasteiger partial charge in [0.15, 0.2) is 5.65 Å². The minimum atomic E-state index is -0.271. The predicted molar refractivity (Wildman–Crippen MR) is 69.7 cm³/mol. The number of rotatable bonds is 5. The molecular weight excluding hydrogens is 230 g/mol. The fourth-order valence-electron chi connectivity index (χ4n) is 1.92. The Morgan fingerprint density at radius 3 is 2.94 bits per heavy atom. The average molecular weight is 247 g/mol. The number of nitrogen functional groups attached to an aromatic ring is 1. The maximum atomic E-state index is 10.6. The topological polar surface area (TPSA) is 99.8 Å². The van der Waals surface area contributed by atoms with Crippen LogP contribution in [-0.4, -0.2) is 20.4 Å². The normalized spacial score (nSPS) is 10.9. The number of anilines is 1. The smallest absolute Gasteiger partial charge is 0.217 e. The van der Waals surface area contributed by atoms with E-state index in [0.29, 0.717) is 18.9 Å². The van der Waals surface area contributed by atoms with Crippen LogP contribution in [-0.2, 0) is 11.3 Å². The highest BCUT2D eigenvalue weighted by Crippen LogP contribution is 2.17. The summed E-state index contributed by atoms with van der Waals surface area (Å²) in [6, 6.07) is 1.96. The first-order valence-electron chi connectivity index (χ1n) is 5.94. The number of primary amides is 1. The molecule has 0 saturated carbocycles. The number of hydrogen-bond donors (Lipinski definition) is 2. The lowest BCUT2D eigenvalue weighted by molar-refractivity contribution is -0.118. The molecule has 4 N–H and O–H groups in total. The lowest BCUT2D eigenvalue weighted by Gasteiger charge is -2.04. The monoisotopic (exact) mass is 247 g/mol. The van der Waals surface area contributed by atoms with Gasteiger partial charge in [-0.1, -0.05) is 0 Å². The van der Waals surface area contributed by atoms with E-state index in [1.165, 1.54) is 0 Å². The first-order valence-corrected chi connectivity index (χ1v) is 5.94. The summed E-state index contributed by atoms with van der Waals surface area (Å²) >= 11 is 0. The van der Waals surface area contributed by atoms with E-state index in [0.717, 1.165) is 29.6 Å². The molecule has 0 bridgehead atoms. The second-order valence-corrected chi connectivity index (χ2v) is 4.40. The van der Waals surface area contributed by atoms with E-state index in [1.54, 1.807) is 6.20 Å². The molecule has 2 heterocycles. The van der Waals surface area contributed by atoms with Gasteiger partial charge in [-0.25, -0.2) is 9.97 Å². The molecule has 2 aromatic rings. The number of unbranched alkanes of at least 4 members (excludes halogenated alkanes) is 1. The zero-order chi connectivity index (χ0) is 13.1. The van der Waals surface area contributed by atoms with Gasteiger partial charge in [-0.15, -0.1) is 0 Å². The molecule has 0 aliphatic carbocycles. The van der Waals surface area contributed by atoms with Crippen LogP contribution in [0.15, 0.2) is 12.3 Å². The van der Waals surface area contributed by atoms with Crippen molar-refractivity contribution in [2.45, 2.75) is 32.7 Å². The molecule has 6 heteroatoms. The van der Waals surface area contributed by atoms with Crippen LogP contribution in [0.25, 0.3) is 11.2 Å². The summed E-state index contributed by atoms with van der Waals surface area (Å²) in [5.41, 5.74) is 13.6. The minimum Gasteiger partial charge on any atom is -0.370 e. The van der Waals surface area contributed by atoms with Gasteiger partial charge in [0.05, 0.1) is 0 Å². The van der Waals surface area contributed by atoms with Gasteiger partial charge in [0.25, 0.3) is 0 Å². The highest BCUT2D eigenvalue weighted by Gasteiger charge is 2.09. The van der Waals surface area contributed by atoms with Gasteiger partial charge < -0.3 is 11.5 Å². The molecule has 0 fully saturated rings. The standard InChI is InChI=1S/C12H17N5O/c1-8-6-9-11(15-7-8)17(12(14)16-9)5-3-2-4-10(13)18/h6-7H,2-5H2,1H3,(H2,13,18)(H2,14,16). The highest BCUT2D eigenvalue weighted by molar-refractivity contribution is 5.74. The lowest BCUT2D eigenvalue weighted by Crippen LogP contribution is -2.10. The van der Waals surface area contributed by atoms with Crippen LogP contribution < -0.4 is 11.5 Å². The molecular formula is C12H17N5O. The first kappa shape index (κ1) is 12.3. The molecule has 0 spiro atoms. The van der Waals surface area contributed by atoms with E-state index < -0.39 is 0 Å². The van der Waals surface area contributed by atoms with Crippen LogP contribution in [0.1, 0.15) is 24.8 Å². The molecule has 0 saturated heterocycles. The summed E-state index contributed by atoms with van der Waals surface area (Å²) in [5, 5.41) is 0. The maximum Gasteiger partial charge on any atom is 0.217 e. The molecule has 6 nitrogen and oxygen atoms in total. The Morgan fingerprint density at radius 2 is 2.22 bits per heavy atom. The van der Waals surface area contributed by atoms with Gasteiger partial charge in [0.1, 0.15) is 5.52 Å². The number of imidazole rings is 1. The van der Waals surface area contributed by atoms with Crippen LogP contribution in [0, 0.1) is 6.92 Å². The third-order valence-electron chi connectivity index (χ3n) is 2.81. The van der Waals surface area contributed by atoms with Crippen molar-refractivity contribution < 1.29 is 4.79 Å². The van der Waals surface area contributed by atoms with Crippen LogP contribution in [0.3, 0.4) is 0 Å². The molecule has 2 aromatic heterocycles. The van der Waals surface area contributed by atoms with Crippen molar-refractivity contribution >= 4 is 23.0 Å². The number of nitrogens with two attached hydrogens (primary N) is 2. The quantitative estimate of drug-likeness (QED) is 0.769. The highest BCUT2D eigenvalue weighted by atomic mass is 16.1. The van der Waals surface area contributed by atoms with Crippen LogP contribution >= 0.6 is 0 Å². The van der Waals surface area contributed by atoms with E-state index >= 15 is 0 Å². The van der Waals surface area contributed by atoms with Crippen molar-refractivity contribution in [3.63, 3.8) is 0 Å². The molecule has 2 rings (SSSR count). The van der Waals surface area contributed by atoms with E-state index in [1.807, 2.05) is 17.6 Å². The molecule has 0 aromatic carbocycles. The van der Waals surface area contributed by atoms with Crippen molar-refractivity contribution in [2.75, 3.05) is 5.73 Å². The Bertz CT molecular complexity index is 575. The Hall–Kier alpha value is -2.11. The molecule has 18 heavy (non-hydrogen) atoms. The van der Waals surface area contributed by atoms with Crippen molar-refractivity contribution in [1.29, 1.82) is 0 Å². The molecule has 96 valence electrons. The van der Waals surface area contributed by atoms with Crippen LogP contribution in [0.5, 0.6) is 0 Å². The third-order valence-corrected chi connectivity index (χ3v) is 2.81. The van der Waals surface area contributed by atoms with Crippen molar-refractivity contribution in [2.24, 2.45) is 5.73 Å². The number of fused-ring (bicyclic) bond motifs is 1. The maximum absolute atomic E-state index is 10.6. The average Bonchev–Trinajstić information content (AvgIpc) is 2.59. The lowest BCUT2D eigenvalue weighted by atomic mass is 10.2. The van der Waals surface area contributed by atoms with Crippen molar-refractivity contribution in [3.05, 3.63) is 17.8 Å². The zero-order valence-corrected chi connectivity index (χ0v) is 10.4. The van der Waals surface area contributed by atoms with E-state index in [4.69, 9.17) is 11.5 Å². The number of pyridine rings is 1. The Morgan fingerprint density at radius 1 is 1.44 bits per heavy atom. The van der Waals surface area contributed by atoms with Gasteiger partial charge in [-0.05, 0) is 31.4 Å². The van der Waals surface area contributed by atoms with Gasteiger partial charge in [-0.3, -0.25) is 9.36 Å². The fraction of sp³-hybridized carbons (Fsp3) is 0.417. The number of aromatic nitrogens is 3. The number of amides is 1. The first-order chi connectivity index (χ1) is 8.58. The molecule has 0 aliphatic rings. The Kier molecular flexibility index (Phi) is 3.45. The second kappa shape index (κ2) is 5.03. The molecule has 0 unspecified atom stereocenters. The third kappa shape index (κ3) is 2.58. The number of carbonyl (C=O) groups is 1. The summed E-state index contributed by atoms with van der Waals surface area (Å²) in [4.78, 5) is 19.3. The van der Waals surface area contributed by atoms with Gasteiger partial charge in [-0.2, -0.15) is 0 Å². The van der Waals surface area contributed by atoms with Gasteiger partial charge >= 0.3 is 0 Å². The van der Waals surface area contributed by atoms with E-state index in [9.17, 15) is 4.79 Å². The van der Waals surface area contributed by atoms with E-state index in [2.05, 4.69) is 9.97 Å². The van der Waals surface area contributed by atoms with Gasteiger partial charge in [0, 0.05) is 19.2 Å². The Balaban J connectivity index is 2.12. The molecule has 0 atom stereocenters. The summed E-state index contributed by atoms with van der Waals surface area (Å²) < 4.78 is 1.87. The van der Waals surface area contributed by atoms with E-state index in [-0.39, 0.29) is 5.91 Å². The largest absolute Gasteiger partial charge is 0.370 e. The van der Waals surface area contributed by atoms with Gasteiger partial charge in [0.2, 0.25) is 11.9 Å². The second-order valence-electron chi connectivity index (χ2n) is 4.40. The van der Waals surface area contributed by atoms with Crippen LogP contribution in [0.4, 0.5) is 5.95 Å². The number of hydrogen-bond acceptors (Lipinski definition) is 4. The summed E-state index contributed by atoms with van der Waals surface area (Å²) in [6.07, 6.45) is 3.77. The number of nitrogens with zero attached hydrogens (tertiary/aromatic N) is 3. The predicted octanol–water partition coefficient (Wildman–Crippen LogP) is 0.978. The summed E-state index contributed by atoms with van der Waals surface area (Å²) in [5.74, 6) is 0.189.